The summed E-state index contributed by atoms with van der Waals surface area (Å²) < 4.78 is 14.0. The maximum atomic E-state index is 13.0. The number of aromatic hydroxyl groups is 2. The molecule has 0 radical (unpaired) electrons. The molecule has 3 aliphatic heterocycles. The van der Waals surface area contributed by atoms with Crippen LogP contribution in [0.5, 0.6) is 11.5 Å². The number of aliphatic hydroxyl groups excluding tert-OH is 2. The topological polar surface area (TPSA) is 146 Å². The van der Waals surface area contributed by atoms with E-state index in [1.807, 2.05) is 0 Å². The zero-order valence-electron chi connectivity index (χ0n) is 27.9. The number of benzene rings is 1. The second-order valence-corrected chi connectivity index (χ2v) is 15.4. The van der Waals surface area contributed by atoms with Crippen molar-refractivity contribution >= 4 is 11.7 Å². The number of amides is 1. The molecule has 1 aromatic carbocycles. The average Bonchev–Trinajstić information content (AvgIpc) is 3.24. The average molecular weight is 638 g/mol. The maximum absolute atomic E-state index is 13.0. The Bertz CT molecular complexity index is 1420. The van der Waals surface area contributed by atoms with E-state index in [0.717, 1.165) is 31.3 Å². The standard InChI is InChI=1S/C37H51NO8/c1-17-7-8-23-12-19(3)27(30(29(23)22(17)6)32(41)31-33(42)36(44)38-35(31)43)16-28-20(4)11-21(5)37(45-28)10-9-18(2)34(46-37)24-13-25(39)15-26(40)14-24/h12-15,17-18,20-23,27-30,34,36,39-41,44H,7-11,16H2,1-6H3,(H,38,43)/b32-31+/t17-,18+,20+,21+,22+,23+,27-,28-,29+,30+,34+,36?,37-/m1/s1. The highest BCUT2D eigenvalue weighted by Crippen LogP contribution is 2.56. The van der Waals surface area contributed by atoms with E-state index >= 15 is 0 Å². The van der Waals surface area contributed by atoms with Crippen molar-refractivity contribution in [3.05, 3.63) is 46.7 Å². The number of Topliss-reactive ketones (excluding diaryl/α,β-unsaturated/α-hetero) is 1. The highest BCUT2D eigenvalue weighted by molar-refractivity contribution is 6.26. The van der Waals surface area contributed by atoms with Crippen LogP contribution in [0.1, 0.15) is 91.7 Å². The lowest BCUT2D eigenvalue weighted by Crippen LogP contribution is -2.55. The van der Waals surface area contributed by atoms with Crippen LogP contribution in [0.25, 0.3) is 0 Å². The summed E-state index contributed by atoms with van der Waals surface area (Å²) in [5, 5.41) is 44.8. The van der Waals surface area contributed by atoms with Gasteiger partial charge in [-0.2, -0.15) is 0 Å². The molecular formula is C37H51NO8. The van der Waals surface area contributed by atoms with Gasteiger partial charge in [0.15, 0.2) is 12.0 Å². The third kappa shape index (κ3) is 5.66. The Morgan fingerprint density at radius 1 is 0.957 bits per heavy atom. The molecule has 1 spiro atoms. The van der Waals surface area contributed by atoms with Crippen LogP contribution in [0.3, 0.4) is 0 Å². The Labute approximate surface area is 272 Å². The predicted molar refractivity (Wildman–Crippen MR) is 171 cm³/mol. The van der Waals surface area contributed by atoms with E-state index in [2.05, 4.69) is 52.9 Å². The SMILES string of the molecule is CC1=C[C@@H]2CC[C@@H](C)[C@H](C)[C@@H]2[C@@H](/C(O)=C2\C(=O)NC(O)C2=O)[C@@H]1C[C@H]1O[C@@]2(CC[C@H](C)[C@@H](c3cc(O)cc(O)c3)O2)[C@@H](C)C[C@@H]1C. The van der Waals surface area contributed by atoms with Gasteiger partial charge in [0.05, 0.1) is 12.2 Å². The second-order valence-electron chi connectivity index (χ2n) is 15.4. The Kier molecular flexibility index (Phi) is 8.83. The van der Waals surface area contributed by atoms with E-state index < -0.39 is 29.6 Å². The third-order valence-electron chi connectivity index (χ3n) is 12.4. The van der Waals surface area contributed by atoms with Crippen LogP contribution in [-0.4, -0.2) is 50.2 Å². The Morgan fingerprint density at radius 3 is 2.30 bits per heavy atom. The van der Waals surface area contributed by atoms with Crippen LogP contribution in [0.4, 0.5) is 0 Å². The van der Waals surface area contributed by atoms with Crippen molar-refractivity contribution in [2.24, 2.45) is 53.3 Å². The molecule has 1 saturated carbocycles. The summed E-state index contributed by atoms with van der Waals surface area (Å²) in [6.45, 7) is 13.0. The van der Waals surface area contributed by atoms with E-state index in [1.54, 1.807) is 12.1 Å². The van der Waals surface area contributed by atoms with Crippen molar-refractivity contribution in [1.82, 2.24) is 5.32 Å². The normalized spacial score (nSPS) is 44.0. The summed E-state index contributed by atoms with van der Waals surface area (Å²) in [4.78, 5) is 25.8. The van der Waals surface area contributed by atoms with Gasteiger partial charge in [-0.1, -0.05) is 46.3 Å². The van der Waals surface area contributed by atoms with E-state index in [1.165, 1.54) is 6.07 Å². The van der Waals surface area contributed by atoms with E-state index in [-0.39, 0.29) is 76.5 Å². The van der Waals surface area contributed by atoms with Crippen LogP contribution < -0.4 is 5.32 Å². The van der Waals surface area contributed by atoms with Crippen molar-refractivity contribution in [2.75, 3.05) is 0 Å². The number of allylic oxidation sites excluding steroid dienone is 3. The minimum atomic E-state index is -1.64. The van der Waals surface area contributed by atoms with Gasteiger partial charge in [-0.25, -0.2) is 0 Å². The minimum Gasteiger partial charge on any atom is -0.511 e. The van der Waals surface area contributed by atoms with Crippen LogP contribution >= 0.6 is 0 Å². The van der Waals surface area contributed by atoms with Gasteiger partial charge in [0.2, 0.25) is 5.78 Å². The molecule has 6 rings (SSSR count). The van der Waals surface area contributed by atoms with E-state index in [9.17, 15) is 30.0 Å². The summed E-state index contributed by atoms with van der Waals surface area (Å²) in [5.41, 5.74) is 1.53. The summed E-state index contributed by atoms with van der Waals surface area (Å²) in [5.74, 6) is -1.88. The number of ether oxygens (including phenoxy) is 2. The van der Waals surface area contributed by atoms with Crippen molar-refractivity contribution < 1.29 is 39.5 Å². The van der Waals surface area contributed by atoms with Gasteiger partial charge in [0.1, 0.15) is 22.8 Å². The number of rotatable bonds is 4. The van der Waals surface area contributed by atoms with Gasteiger partial charge in [-0.3, -0.25) is 9.59 Å². The smallest absolute Gasteiger partial charge is 0.260 e. The molecule has 5 aliphatic rings. The largest absolute Gasteiger partial charge is 0.511 e. The lowest BCUT2D eigenvalue weighted by molar-refractivity contribution is -0.356. The van der Waals surface area contributed by atoms with Gasteiger partial charge in [0, 0.05) is 24.3 Å². The fourth-order valence-corrected chi connectivity index (χ4v) is 9.61. The minimum absolute atomic E-state index is 0.0134. The number of hydrogen-bond acceptors (Lipinski definition) is 8. The lowest BCUT2D eigenvalue weighted by Gasteiger charge is -2.54. The van der Waals surface area contributed by atoms with E-state index in [4.69, 9.17) is 9.47 Å². The molecule has 1 unspecified atom stereocenters. The highest BCUT2D eigenvalue weighted by atomic mass is 16.7. The van der Waals surface area contributed by atoms with Crippen LogP contribution in [-0.2, 0) is 19.1 Å². The molecule has 46 heavy (non-hydrogen) atoms. The van der Waals surface area contributed by atoms with Crippen molar-refractivity contribution in [3.63, 3.8) is 0 Å². The monoisotopic (exact) mass is 637 g/mol. The molecule has 9 heteroatoms. The maximum Gasteiger partial charge on any atom is 0.260 e. The summed E-state index contributed by atoms with van der Waals surface area (Å²) >= 11 is 0. The quantitative estimate of drug-likeness (QED) is 0.116. The Balaban J connectivity index is 1.35. The first-order chi connectivity index (χ1) is 21.7. The molecule has 13 atom stereocenters. The Morgan fingerprint density at radius 2 is 1.65 bits per heavy atom. The number of ketones is 1. The number of nitrogens with one attached hydrogen (secondary N) is 1. The van der Waals surface area contributed by atoms with Gasteiger partial charge >= 0.3 is 0 Å². The fourth-order valence-electron chi connectivity index (χ4n) is 9.61. The van der Waals surface area contributed by atoms with Gasteiger partial charge < -0.3 is 35.2 Å². The molecule has 0 bridgehead atoms. The number of hydrogen-bond donors (Lipinski definition) is 5. The zero-order chi connectivity index (χ0) is 33.2. The van der Waals surface area contributed by atoms with Gasteiger partial charge in [0.25, 0.3) is 5.91 Å². The molecular weight excluding hydrogens is 586 g/mol. The molecule has 2 aliphatic carbocycles. The van der Waals surface area contributed by atoms with Crippen LogP contribution in [0.15, 0.2) is 41.2 Å². The molecule has 4 fully saturated rings. The zero-order valence-corrected chi connectivity index (χ0v) is 27.9. The van der Waals surface area contributed by atoms with Crippen molar-refractivity contribution in [2.45, 2.75) is 104 Å². The molecule has 5 N–H and O–H groups in total. The number of phenolic OH excluding ortho intramolecular Hbond substituents is 2. The van der Waals surface area contributed by atoms with Crippen LogP contribution in [0, 0.1) is 53.3 Å². The molecule has 252 valence electrons. The second kappa shape index (κ2) is 12.3. The summed E-state index contributed by atoms with van der Waals surface area (Å²) in [6, 6.07) is 4.60. The molecule has 9 nitrogen and oxygen atoms in total. The summed E-state index contributed by atoms with van der Waals surface area (Å²) in [7, 11) is 0. The number of carbonyl (C=O) groups is 2. The highest BCUT2D eigenvalue weighted by Gasteiger charge is 2.54. The fraction of sp³-hybridized carbons (Fsp3) is 0.676. The van der Waals surface area contributed by atoms with Gasteiger partial charge in [-0.15, -0.1) is 0 Å². The number of aliphatic hydroxyl groups is 2. The number of phenols is 2. The molecule has 1 aromatic rings. The third-order valence-corrected chi connectivity index (χ3v) is 12.4. The molecule has 1 amide bonds. The molecule has 3 saturated heterocycles. The van der Waals surface area contributed by atoms with E-state index in [0.29, 0.717) is 24.3 Å². The van der Waals surface area contributed by atoms with Crippen molar-refractivity contribution in [3.8, 4) is 11.5 Å². The first-order valence-corrected chi connectivity index (χ1v) is 17.2. The predicted octanol–water partition coefficient (Wildman–Crippen LogP) is 6.05. The first-order valence-electron chi connectivity index (χ1n) is 17.2. The van der Waals surface area contributed by atoms with Crippen molar-refractivity contribution in [1.29, 1.82) is 0 Å². The van der Waals surface area contributed by atoms with Gasteiger partial charge in [-0.05, 0) is 98.1 Å². The number of carbonyl (C=O) groups excluding carboxylic acids is 2. The number of fused-ring (bicyclic) bond motifs is 1. The first kappa shape index (κ1) is 33.0. The summed E-state index contributed by atoms with van der Waals surface area (Å²) in [6.07, 6.45) is 5.20. The lowest BCUT2D eigenvalue weighted by atomic mass is 9.55. The molecule has 0 aromatic heterocycles. The molecule has 3 heterocycles. The van der Waals surface area contributed by atoms with Crippen LogP contribution in [0.2, 0.25) is 0 Å². The Hall–Kier alpha value is -2.88.